The van der Waals surface area contributed by atoms with Crippen molar-refractivity contribution < 1.29 is 8.42 Å². The standard InChI is InChI=1S/C10H19NO2S/c1-4-6-7-8-10(11-5-2)9-14(3,12)13/h1,10-11H,5-9H2,2-3H3. The second-order valence-corrected chi connectivity index (χ2v) is 5.63. The van der Waals surface area contributed by atoms with E-state index in [2.05, 4.69) is 11.2 Å². The van der Waals surface area contributed by atoms with E-state index in [1.807, 2.05) is 6.92 Å². The zero-order chi connectivity index (χ0) is 11.0. The smallest absolute Gasteiger partial charge is 0.148 e. The first-order valence-electron chi connectivity index (χ1n) is 4.84. The molecule has 4 heteroatoms. The Morgan fingerprint density at radius 3 is 2.57 bits per heavy atom. The van der Waals surface area contributed by atoms with Crippen molar-refractivity contribution >= 4 is 9.84 Å². The molecule has 0 aliphatic rings. The van der Waals surface area contributed by atoms with Crippen LogP contribution in [0.2, 0.25) is 0 Å². The molecule has 1 N–H and O–H groups in total. The molecule has 0 amide bonds. The highest BCUT2D eigenvalue weighted by molar-refractivity contribution is 7.90. The van der Waals surface area contributed by atoms with Gasteiger partial charge in [0.15, 0.2) is 0 Å². The predicted molar refractivity (Wildman–Crippen MR) is 59.9 cm³/mol. The van der Waals surface area contributed by atoms with Crippen LogP contribution in [-0.2, 0) is 9.84 Å². The van der Waals surface area contributed by atoms with E-state index >= 15 is 0 Å². The third-order valence-electron chi connectivity index (χ3n) is 1.87. The Kier molecular flexibility index (Phi) is 6.60. The summed E-state index contributed by atoms with van der Waals surface area (Å²) in [7, 11) is -2.90. The quantitative estimate of drug-likeness (QED) is 0.507. The Hall–Kier alpha value is -0.530. The number of hydrogen-bond donors (Lipinski definition) is 1. The lowest BCUT2D eigenvalue weighted by Crippen LogP contribution is -2.35. The van der Waals surface area contributed by atoms with Crippen LogP contribution >= 0.6 is 0 Å². The molecule has 0 aliphatic heterocycles. The first-order valence-corrected chi connectivity index (χ1v) is 6.90. The summed E-state index contributed by atoms with van der Waals surface area (Å²) < 4.78 is 22.1. The second kappa shape index (κ2) is 6.86. The summed E-state index contributed by atoms with van der Waals surface area (Å²) in [6.45, 7) is 2.76. The van der Waals surface area contributed by atoms with Crippen LogP contribution in [0.25, 0.3) is 0 Å². The van der Waals surface area contributed by atoms with Gasteiger partial charge in [0.1, 0.15) is 9.84 Å². The Bertz CT molecular complexity index is 277. The average molecular weight is 217 g/mol. The van der Waals surface area contributed by atoms with Crippen molar-refractivity contribution in [2.45, 2.75) is 32.2 Å². The lowest BCUT2D eigenvalue weighted by Gasteiger charge is -2.15. The minimum absolute atomic E-state index is 0.0448. The molecule has 3 nitrogen and oxygen atoms in total. The molecular weight excluding hydrogens is 198 g/mol. The molecule has 0 aromatic rings. The van der Waals surface area contributed by atoms with Crippen LogP contribution in [0.3, 0.4) is 0 Å². The number of sulfone groups is 1. The van der Waals surface area contributed by atoms with Gasteiger partial charge in [0.2, 0.25) is 0 Å². The van der Waals surface area contributed by atoms with Gasteiger partial charge in [-0.15, -0.1) is 12.3 Å². The normalized spacial score (nSPS) is 13.5. The van der Waals surface area contributed by atoms with Crippen molar-refractivity contribution in [2.24, 2.45) is 0 Å². The Morgan fingerprint density at radius 2 is 2.14 bits per heavy atom. The van der Waals surface area contributed by atoms with Crippen LogP contribution in [0.4, 0.5) is 0 Å². The maximum Gasteiger partial charge on any atom is 0.148 e. The minimum atomic E-state index is -2.90. The van der Waals surface area contributed by atoms with Crippen molar-refractivity contribution in [3.8, 4) is 12.3 Å². The van der Waals surface area contributed by atoms with E-state index in [-0.39, 0.29) is 11.8 Å². The molecule has 0 heterocycles. The summed E-state index contributed by atoms with van der Waals surface area (Å²) in [6, 6.07) is 0.0448. The molecule has 0 saturated heterocycles. The SMILES string of the molecule is C#CCCCC(CS(C)(=O)=O)NCC. The molecular formula is C10H19NO2S. The largest absolute Gasteiger partial charge is 0.313 e. The van der Waals surface area contributed by atoms with Crippen LogP contribution in [0.5, 0.6) is 0 Å². The van der Waals surface area contributed by atoms with Crippen molar-refractivity contribution in [3.05, 3.63) is 0 Å². The Morgan fingerprint density at radius 1 is 1.50 bits per heavy atom. The summed E-state index contributed by atoms with van der Waals surface area (Å²) in [4.78, 5) is 0. The molecule has 0 saturated carbocycles. The number of hydrogen-bond acceptors (Lipinski definition) is 3. The zero-order valence-corrected chi connectivity index (χ0v) is 9.73. The third-order valence-corrected chi connectivity index (χ3v) is 2.88. The number of nitrogens with one attached hydrogen (secondary N) is 1. The maximum absolute atomic E-state index is 11.1. The molecule has 0 aromatic carbocycles. The summed E-state index contributed by atoms with van der Waals surface area (Å²) >= 11 is 0. The van der Waals surface area contributed by atoms with Gasteiger partial charge in [-0.3, -0.25) is 0 Å². The molecule has 0 fully saturated rings. The summed E-state index contributed by atoms with van der Waals surface area (Å²) in [5.74, 6) is 2.75. The van der Waals surface area contributed by atoms with Crippen LogP contribution in [0, 0.1) is 12.3 Å². The van der Waals surface area contributed by atoms with Gasteiger partial charge in [0, 0.05) is 18.7 Å². The van der Waals surface area contributed by atoms with Crippen molar-refractivity contribution in [2.75, 3.05) is 18.6 Å². The van der Waals surface area contributed by atoms with Gasteiger partial charge in [-0.1, -0.05) is 6.92 Å². The van der Waals surface area contributed by atoms with E-state index in [9.17, 15) is 8.42 Å². The highest BCUT2D eigenvalue weighted by Gasteiger charge is 2.13. The van der Waals surface area contributed by atoms with Gasteiger partial charge in [-0.2, -0.15) is 0 Å². The van der Waals surface area contributed by atoms with Crippen LogP contribution in [-0.4, -0.2) is 33.0 Å². The highest BCUT2D eigenvalue weighted by Crippen LogP contribution is 2.03. The minimum Gasteiger partial charge on any atom is -0.313 e. The maximum atomic E-state index is 11.1. The molecule has 14 heavy (non-hydrogen) atoms. The van der Waals surface area contributed by atoms with E-state index in [0.717, 1.165) is 19.4 Å². The van der Waals surface area contributed by atoms with Crippen molar-refractivity contribution in [1.82, 2.24) is 5.32 Å². The summed E-state index contributed by atoms with van der Waals surface area (Å²) in [5, 5.41) is 3.15. The monoisotopic (exact) mass is 217 g/mol. The van der Waals surface area contributed by atoms with Gasteiger partial charge in [-0.05, 0) is 19.4 Å². The van der Waals surface area contributed by atoms with Gasteiger partial charge in [0.25, 0.3) is 0 Å². The Balaban J connectivity index is 3.97. The van der Waals surface area contributed by atoms with Gasteiger partial charge in [-0.25, -0.2) is 8.42 Å². The number of rotatable bonds is 7. The molecule has 1 atom stereocenters. The number of terminal acetylenes is 1. The van der Waals surface area contributed by atoms with Gasteiger partial charge >= 0.3 is 0 Å². The van der Waals surface area contributed by atoms with E-state index in [1.54, 1.807) is 0 Å². The molecule has 0 aromatic heterocycles. The molecule has 0 aliphatic carbocycles. The third kappa shape index (κ3) is 8.09. The fraction of sp³-hybridized carbons (Fsp3) is 0.800. The van der Waals surface area contributed by atoms with Crippen LogP contribution in [0.15, 0.2) is 0 Å². The molecule has 82 valence electrons. The van der Waals surface area contributed by atoms with Crippen molar-refractivity contribution in [1.29, 1.82) is 0 Å². The number of unbranched alkanes of at least 4 members (excludes halogenated alkanes) is 1. The lowest BCUT2D eigenvalue weighted by atomic mass is 10.1. The first kappa shape index (κ1) is 13.5. The molecule has 1 unspecified atom stereocenters. The van der Waals surface area contributed by atoms with E-state index < -0.39 is 9.84 Å². The van der Waals surface area contributed by atoms with Crippen LogP contribution in [0.1, 0.15) is 26.2 Å². The summed E-state index contributed by atoms with van der Waals surface area (Å²) in [6.07, 6.45) is 8.81. The van der Waals surface area contributed by atoms with E-state index in [4.69, 9.17) is 6.42 Å². The van der Waals surface area contributed by atoms with Gasteiger partial charge in [0.05, 0.1) is 5.75 Å². The zero-order valence-electron chi connectivity index (χ0n) is 8.91. The van der Waals surface area contributed by atoms with Crippen molar-refractivity contribution in [3.63, 3.8) is 0 Å². The van der Waals surface area contributed by atoms with Crippen LogP contribution < -0.4 is 5.32 Å². The summed E-state index contributed by atoms with van der Waals surface area (Å²) in [5.41, 5.74) is 0. The molecule has 0 spiro atoms. The molecule has 0 rings (SSSR count). The lowest BCUT2D eigenvalue weighted by molar-refractivity contribution is 0.508. The highest BCUT2D eigenvalue weighted by atomic mass is 32.2. The average Bonchev–Trinajstić information content (AvgIpc) is 2.02. The molecule has 0 bridgehead atoms. The molecule has 0 radical (unpaired) electrons. The van der Waals surface area contributed by atoms with E-state index in [0.29, 0.717) is 6.42 Å². The Labute approximate surface area is 87.2 Å². The first-order chi connectivity index (χ1) is 6.49. The fourth-order valence-corrected chi connectivity index (χ4v) is 2.36. The topological polar surface area (TPSA) is 46.2 Å². The predicted octanol–water partition coefficient (Wildman–Crippen LogP) is 0.813. The van der Waals surface area contributed by atoms with E-state index in [1.165, 1.54) is 6.26 Å². The van der Waals surface area contributed by atoms with Gasteiger partial charge < -0.3 is 5.32 Å². The fourth-order valence-electron chi connectivity index (χ4n) is 1.35. The second-order valence-electron chi connectivity index (χ2n) is 3.44.